The molecule has 0 bridgehead atoms. The zero-order chi connectivity index (χ0) is 17.9. The lowest BCUT2D eigenvalue weighted by Gasteiger charge is -2.35. The molecule has 28 heavy (non-hydrogen) atoms. The number of hydrogen-bond donors (Lipinski definition) is 1. The van der Waals surface area contributed by atoms with Gasteiger partial charge in [-0.15, -0.1) is 36.2 Å². The zero-order valence-corrected chi connectivity index (χ0v) is 18.5. The number of pyridine rings is 1. The van der Waals surface area contributed by atoms with Gasteiger partial charge in [0.05, 0.1) is 10.6 Å². The van der Waals surface area contributed by atoms with Crippen molar-refractivity contribution in [3.8, 4) is 10.6 Å². The molecule has 0 atom stereocenters. The van der Waals surface area contributed by atoms with Crippen LogP contribution < -0.4 is 4.90 Å². The fourth-order valence-corrected chi connectivity index (χ4v) is 4.54. The first-order valence-electron chi connectivity index (χ1n) is 9.35. The average Bonchev–Trinajstić information content (AvgIpc) is 3.16. The Morgan fingerprint density at radius 1 is 1.04 bits per heavy atom. The van der Waals surface area contributed by atoms with E-state index in [-0.39, 0.29) is 31.4 Å². The molecule has 0 amide bonds. The van der Waals surface area contributed by atoms with Crippen LogP contribution in [0.4, 0.5) is 5.82 Å². The molecule has 0 spiro atoms. The minimum Gasteiger partial charge on any atom is -0.396 e. The highest BCUT2D eigenvalue weighted by atomic mass is 35.5. The van der Waals surface area contributed by atoms with Gasteiger partial charge in [-0.3, -0.25) is 0 Å². The quantitative estimate of drug-likeness (QED) is 0.635. The highest BCUT2D eigenvalue weighted by Gasteiger charge is 2.20. The number of rotatable bonds is 5. The van der Waals surface area contributed by atoms with Crippen LogP contribution in [0.3, 0.4) is 0 Å². The first kappa shape index (κ1) is 22.9. The summed E-state index contributed by atoms with van der Waals surface area (Å²) >= 11 is 1.73. The number of thiophene rings is 1. The van der Waals surface area contributed by atoms with Crippen molar-refractivity contribution in [3.05, 3.63) is 47.3 Å². The van der Waals surface area contributed by atoms with Crippen LogP contribution in [0.5, 0.6) is 0 Å². The molecule has 0 unspecified atom stereocenters. The molecular weight excluding hydrogens is 413 g/mol. The molecular formula is C21H27Cl2N3OS. The standard InChI is InChI=1S/C21H25N3OS.2ClH/c1-2-23-10-12-24(13-11-23)21-18-6-4-3-5-16(18)15-19(22-21)20-8-7-17(26-20)9-14-25;;/h3-8,15,25H,2,9-14H2,1H3;2*1H. The monoisotopic (exact) mass is 439 g/mol. The van der Waals surface area contributed by atoms with Crippen molar-refractivity contribution in [1.82, 2.24) is 9.88 Å². The lowest BCUT2D eigenvalue weighted by atomic mass is 10.1. The number of aromatic nitrogens is 1. The van der Waals surface area contributed by atoms with E-state index in [2.05, 4.69) is 59.2 Å². The second kappa shape index (κ2) is 10.4. The number of nitrogens with zero attached hydrogens (tertiary/aromatic N) is 3. The van der Waals surface area contributed by atoms with Gasteiger partial charge in [-0.25, -0.2) is 4.98 Å². The third-order valence-electron chi connectivity index (χ3n) is 5.11. The molecule has 0 radical (unpaired) electrons. The number of aliphatic hydroxyl groups excluding tert-OH is 1. The number of aliphatic hydroxyl groups is 1. The number of hydrogen-bond acceptors (Lipinski definition) is 5. The van der Waals surface area contributed by atoms with E-state index < -0.39 is 0 Å². The lowest BCUT2D eigenvalue weighted by Crippen LogP contribution is -2.46. The minimum atomic E-state index is 0. The second-order valence-corrected chi connectivity index (χ2v) is 7.88. The summed E-state index contributed by atoms with van der Waals surface area (Å²) in [5, 5.41) is 11.6. The Kier molecular flexibility index (Phi) is 8.53. The summed E-state index contributed by atoms with van der Waals surface area (Å²) in [6, 6.07) is 15.0. The third kappa shape index (κ3) is 4.78. The molecule has 4 rings (SSSR count). The van der Waals surface area contributed by atoms with Crippen LogP contribution in [0.1, 0.15) is 11.8 Å². The molecule has 7 heteroatoms. The molecule has 1 aliphatic heterocycles. The van der Waals surface area contributed by atoms with E-state index in [4.69, 9.17) is 4.98 Å². The Labute approximate surface area is 183 Å². The topological polar surface area (TPSA) is 39.6 Å². The van der Waals surface area contributed by atoms with Crippen LogP contribution in [-0.2, 0) is 6.42 Å². The van der Waals surface area contributed by atoms with E-state index in [1.807, 2.05) is 0 Å². The van der Waals surface area contributed by atoms with Crippen LogP contribution in [0.2, 0.25) is 0 Å². The van der Waals surface area contributed by atoms with Gasteiger partial charge >= 0.3 is 0 Å². The Morgan fingerprint density at radius 2 is 1.79 bits per heavy atom. The summed E-state index contributed by atoms with van der Waals surface area (Å²) in [6.07, 6.45) is 0.712. The van der Waals surface area contributed by atoms with Crippen molar-refractivity contribution in [3.63, 3.8) is 0 Å². The predicted octanol–water partition coefficient (Wildman–Crippen LogP) is 4.48. The van der Waals surface area contributed by atoms with Crippen molar-refractivity contribution >= 4 is 52.7 Å². The Balaban J connectivity index is 0.00000140. The van der Waals surface area contributed by atoms with E-state index in [9.17, 15) is 5.11 Å². The first-order chi connectivity index (χ1) is 12.8. The van der Waals surface area contributed by atoms with E-state index in [1.165, 1.54) is 20.5 Å². The Morgan fingerprint density at radius 3 is 2.50 bits per heavy atom. The fourth-order valence-electron chi connectivity index (χ4n) is 3.58. The molecule has 1 N–H and O–H groups in total. The summed E-state index contributed by atoms with van der Waals surface area (Å²) in [5.74, 6) is 1.10. The van der Waals surface area contributed by atoms with Crippen molar-refractivity contribution < 1.29 is 5.11 Å². The van der Waals surface area contributed by atoms with Gasteiger partial charge in [0.25, 0.3) is 0 Å². The average molecular weight is 440 g/mol. The van der Waals surface area contributed by atoms with E-state index >= 15 is 0 Å². The first-order valence-corrected chi connectivity index (χ1v) is 10.2. The third-order valence-corrected chi connectivity index (χ3v) is 6.28. The van der Waals surface area contributed by atoms with Crippen LogP contribution in [0.15, 0.2) is 42.5 Å². The van der Waals surface area contributed by atoms with E-state index in [0.29, 0.717) is 6.42 Å². The summed E-state index contributed by atoms with van der Waals surface area (Å²) < 4.78 is 0. The normalized spacial score (nSPS) is 14.6. The maximum absolute atomic E-state index is 9.18. The summed E-state index contributed by atoms with van der Waals surface area (Å²) in [5.41, 5.74) is 1.03. The van der Waals surface area contributed by atoms with Crippen LogP contribution in [0, 0.1) is 0 Å². The number of halogens is 2. The number of benzene rings is 1. The van der Waals surface area contributed by atoms with Crippen molar-refractivity contribution in [2.24, 2.45) is 0 Å². The molecule has 152 valence electrons. The van der Waals surface area contributed by atoms with Gasteiger partial charge in [0.15, 0.2) is 0 Å². The smallest absolute Gasteiger partial charge is 0.137 e. The molecule has 3 heterocycles. The van der Waals surface area contributed by atoms with Crippen LogP contribution in [0.25, 0.3) is 21.3 Å². The lowest BCUT2D eigenvalue weighted by molar-refractivity contribution is 0.271. The SMILES string of the molecule is CCN1CCN(c2nc(-c3ccc(CCO)s3)cc3ccccc23)CC1.Cl.Cl. The van der Waals surface area contributed by atoms with Crippen molar-refractivity contribution in [1.29, 1.82) is 0 Å². The summed E-state index contributed by atoms with van der Waals surface area (Å²) in [6.45, 7) is 7.77. The van der Waals surface area contributed by atoms with Gasteiger partial charge in [0.1, 0.15) is 5.82 Å². The molecule has 0 aliphatic carbocycles. The van der Waals surface area contributed by atoms with Gasteiger partial charge in [0.2, 0.25) is 0 Å². The van der Waals surface area contributed by atoms with Gasteiger partial charge in [-0.1, -0.05) is 31.2 Å². The molecule has 3 aromatic rings. The summed E-state index contributed by atoms with van der Waals surface area (Å²) in [4.78, 5) is 12.4. The highest BCUT2D eigenvalue weighted by Crippen LogP contribution is 2.33. The van der Waals surface area contributed by atoms with Gasteiger partial charge in [-0.05, 0) is 30.1 Å². The zero-order valence-electron chi connectivity index (χ0n) is 16.0. The fraction of sp³-hybridized carbons (Fsp3) is 0.381. The van der Waals surface area contributed by atoms with Crippen LogP contribution >= 0.6 is 36.2 Å². The molecule has 1 saturated heterocycles. The maximum atomic E-state index is 9.18. The van der Waals surface area contributed by atoms with Crippen LogP contribution in [-0.4, -0.2) is 54.3 Å². The number of fused-ring (bicyclic) bond motifs is 1. The van der Waals surface area contributed by atoms with E-state index in [1.54, 1.807) is 11.3 Å². The molecule has 4 nitrogen and oxygen atoms in total. The molecule has 1 fully saturated rings. The molecule has 1 aliphatic rings. The summed E-state index contributed by atoms with van der Waals surface area (Å²) in [7, 11) is 0. The highest BCUT2D eigenvalue weighted by molar-refractivity contribution is 7.15. The minimum absolute atomic E-state index is 0. The molecule has 2 aromatic heterocycles. The molecule has 1 aromatic carbocycles. The Bertz CT molecular complexity index is 894. The van der Waals surface area contributed by atoms with Gasteiger partial charge in [-0.2, -0.15) is 0 Å². The second-order valence-electron chi connectivity index (χ2n) is 6.71. The number of likely N-dealkylation sites (N-methyl/N-ethyl adjacent to an activating group) is 1. The van der Waals surface area contributed by atoms with E-state index in [0.717, 1.165) is 44.2 Å². The number of anilines is 1. The maximum Gasteiger partial charge on any atom is 0.137 e. The van der Waals surface area contributed by atoms with Crippen molar-refractivity contribution in [2.45, 2.75) is 13.3 Å². The van der Waals surface area contributed by atoms with Gasteiger partial charge < -0.3 is 14.9 Å². The van der Waals surface area contributed by atoms with Gasteiger partial charge in [0, 0.05) is 49.5 Å². The predicted molar refractivity (Wildman–Crippen MR) is 125 cm³/mol. The van der Waals surface area contributed by atoms with Crippen molar-refractivity contribution in [2.75, 3.05) is 44.2 Å². The number of piperazine rings is 1. The Hall–Kier alpha value is -1.37. The molecule has 0 saturated carbocycles. The largest absolute Gasteiger partial charge is 0.396 e.